The lowest BCUT2D eigenvalue weighted by Gasteiger charge is -1.97. The van der Waals surface area contributed by atoms with E-state index in [-0.39, 0.29) is 13.2 Å². The molecule has 58 valence electrons. The Balaban J connectivity index is 3.03. The zero-order chi connectivity index (χ0) is 7.82. The lowest BCUT2D eigenvalue weighted by Crippen LogP contribution is -2.03. The first-order valence-electron chi connectivity index (χ1n) is 2.88. The van der Waals surface area contributed by atoms with Crippen molar-refractivity contribution in [3.05, 3.63) is 12.7 Å². The number of aliphatic hydroxyl groups is 1. The molecule has 0 aromatic carbocycles. The van der Waals surface area contributed by atoms with E-state index in [0.717, 1.165) is 6.08 Å². The zero-order valence-corrected chi connectivity index (χ0v) is 5.58. The summed E-state index contributed by atoms with van der Waals surface area (Å²) in [4.78, 5) is 18.7. The minimum atomic E-state index is -0.627. The second-order valence-electron chi connectivity index (χ2n) is 1.51. The summed E-state index contributed by atoms with van der Waals surface area (Å²) in [7, 11) is 0. The molecule has 0 atom stereocenters. The highest BCUT2D eigenvalue weighted by atomic mass is 17.2. The monoisotopic (exact) mass is 146 g/mol. The van der Waals surface area contributed by atoms with Crippen LogP contribution in [0, 0.1) is 0 Å². The predicted molar refractivity (Wildman–Crippen MR) is 33.9 cm³/mol. The van der Waals surface area contributed by atoms with Gasteiger partial charge in [0.05, 0.1) is 6.61 Å². The van der Waals surface area contributed by atoms with Gasteiger partial charge >= 0.3 is 5.97 Å². The molecule has 0 aromatic heterocycles. The summed E-state index contributed by atoms with van der Waals surface area (Å²) < 4.78 is 0. The van der Waals surface area contributed by atoms with E-state index in [4.69, 9.17) is 5.11 Å². The normalized spacial score (nSPS) is 8.90. The Labute approximate surface area is 59.0 Å². The Morgan fingerprint density at radius 1 is 1.70 bits per heavy atom. The van der Waals surface area contributed by atoms with Gasteiger partial charge in [0.25, 0.3) is 0 Å². The molecule has 0 rings (SSSR count). The van der Waals surface area contributed by atoms with Crippen LogP contribution < -0.4 is 0 Å². The van der Waals surface area contributed by atoms with Crippen molar-refractivity contribution in [2.45, 2.75) is 6.42 Å². The maximum Gasteiger partial charge on any atom is 0.365 e. The van der Waals surface area contributed by atoms with Gasteiger partial charge in [-0.3, -0.25) is 4.89 Å². The van der Waals surface area contributed by atoms with Gasteiger partial charge in [-0.05, 0) is 6.42 Å². The third-order valence-electron chi connectivity index (χ3n) is 0.694. The first kappa shape index (κ1) is 9.13. The first-order chi connectivity index (χ1) is 4.81. The molecule has 0 bridgehead atoms. The summed E-state index contributed by atoms with van der Waals surface area (Å²) in [6, 6.07) is 0. The molecule has 0 aliphatic rings. The van der Waals surface area contributed by atoms with Gasteiger partial charge in [-0.15, -0.1) is 0 Å². The molecule has 0 saturated heterocycles. The van der Waals surface area contributed by atoms with Crippen LogP contribution >= 0.6 is 0 Å². The Morgan fingerprint density at radius 3 is 2.90 bits per heavy atom. The van der Waals surface area contributed by atoms with Gasteiger partial charge in [0, 0.05) is 12.7 Å². The highest BCUT2D eigenvalue weighted by molar-refractivity contribution is 5.80. The van der Waals surface area contributed by atoms with Crippen LogP contribution in [0.1, 0.15) is 6.42 Å². The van der Waals surface area contributed by atoms with Crippen molar-refractivity contribution in [1.29, 1.82) is 0 Å². The minimum absolute atomic E-state index is 0.0195. The summed E-state index contributed by atoms with van der Waals surface area (Å²) in [6.45, 7) is 3.38. The average Bonchev–Trinajstić information content (AvgIpc) is 1.98. The molecule has 0 aliphatic heterocycles. The summed E-state index contributed by atoms with van der Waals surface area (Å²) in [5.41, 5.74) is 0. The van der Waals surface area contributed by atoms with Gasteiger partial charge in [0.1, 0.15) is 0 Å². The van der Waals surface area contributed by atoms with E-state index in [9.17, 15) is 4.79 Å². The van der Waals surface area contributed by atoms with Crippen molar-refractivity contribution in [2.75, 3.05) is 13.2 Å². The number of carbonyl (C=O) groups is 1. The second kappa shape index (κ2) is 6.25. The van der Waals surface area contributed by atoms with Gasteiger partial charge in [0.2, 0.25) is 0 Å². The number of rotatable bonds is 5. The van der Waals surface area contributed by atoms with E-state index in [1.54, 1.807) is 0 Å². The molecule has 0 radical (unpaired) electrons. The number of hydrogen-bond donors (Lipinski definition) is 1. The van der Waals surface area contributed by atoms with Gasteiger partial charge in [-0.2, -0.15) is 4.89 Å². The molecule has 1 N–H and O–H groups in total. The SMILES string of the molecule is C=CC(=O)OOCCCO. The molecule has 0 aromatic rings. The minimum Gasteiger partial charge on any atom is -0.396 e. The van der Waals surface area contributed by atoms with Crippen LogP contribution in [0.25, 0.3) is 0 Å². The predicted octanol–water partition coefficient (Wildman–Crippen LogP) is 0.0296. The van der Waals surface area contributed by atoms with Crippen molar-refractivity contribution in [1.82, 2.24) is 0 Å². The summed E-state index contributed by atoms with van der Waals surface area (Å²) in [6.07, 6.45) is 1.45. The molecular weight excluding hydrogens is 136 g/mol. The van der Waals surface area contributed by atoms with E-state index in [0.29, 0.717) is 6.42 Å². The van der Waals surface area contributed by atoms with Crippen molar-refractivity contribution in [3.63, 3.8) is 0 Å². The Bertz CT molecular complexity index is 110. The van der Waals surface area contributed by atoms with Gasteiger partial charge < -0.3 is 5.11 Å². The van der Waals surface area contributed by atoms with E-state index < -0.39 is 5.97 Å². The standard InChI is InChI=1S/C6H10O4/c1-2-6(8)10-9-5-3-4-7/h2,7H,1,3-5H2. The maximum absolute atomic E-state index is 10.2. The number of aliphatic hydroxyl groups excluding tert-OH is 1. The fraction of sp³-hybridized carbons (Fsp3) is 0.500. The van der Waals surface area contributed by atoms with Crippen LogP contribution in [0.5, 0.6) is 0 Å². The van der Waals surface area contributed by atoms with Crippen molar-refractivity contribution in [2.24, 2.45) is 0 Å². The fourth-order valence-electron chi connectivity index (χ4n) is 0.257. The molecule has 0 unspecified atom stereocenters. The van der Waals surface area contributed by atoms with Crippen molar-refractivity contribution in [3.8, 4) is 0 Å². The van der Waals surface area contributed by atoms with Crippen LogP contribution in [-0.4, -0.2) is 24.3 Å². The van der Waals surface area contributed by atoms with Gasteiger partial charge in [-0.1, -0.05) is 6.58 Å². The van der Waals surface area contributed by atoms with Crippen molar-refractivity contribution >= 4 is 5.97 Å². The Kier molecular flexibility index (Phi) is 5.71. The molecule has 10 heavy (non-hydrogen) atoms. The van der Waals surface area contributed by atoms with E-state index in [2.05, 4.69) is 16.4 Å². The molecule has 4 nitrogen and oxygen atoms in total. The lowest BCUT2D eigenvalue weighted by molar-refractivity contribution is -0.268. The van der Waals surface area contributed by atoms with Crippen LogP contribution in [0.2, 0.25) is 0 Å². The van der Waals surface area contributed by atoms with E-state index in [1.165, 1.54) is 0 Å². The third kappa shape index (κ3) is 5.27. The number of hydrogen-bond acceptors (Lipinski definition) is 4. The van der Waals surface area contributed by atoms with Crippen LogP contribution in [-0.2, 0) is 14.6 Å². The van der Waals surface area contributed by atoms with E-state index >= 15 is 0 Å². The number of carbonyl (C=O) groups excluding carboxylic acids is 1. The first-order valence-corrected chi connectivity index (χ1v) is 2.88. The van der Waals surface area contributed by atoms with E-state index in [1.807, 2.05) is 0 Å². The quantitative estimate of drug-likeness (QED) is 0.257. The molecule has 0 spiro atoms. The molecule has 0 heterocycles. The Hall–Kier alpha value is -0.870. The molecule has 0 saturated carbocycles. The molecular formula is C6H10O4. The Morgan fingerprint density at radius 2 is 2.40 bits per heavy atom. The molecule has 0 amide bonds. The lowest BCUT2D eigenvalue weighted by atomic mass is 10.5. The highest BCUT2D eigenvalue weighted by Crippen LogP contribution is 1.84. The summed E-state index contributed by atoms with van der Waals surface area (Å²) >= 11 is 0. The smallest absolute Gasteiger partial charge is 0.365 e. The van der Waals surface area contributed by atoms with Crippen molar-refractivity contribution < 1.29 is 19.7 Å². The van der Waals surface area contributed by atoms with Crippen LogP contribution in [0.15, 0.2) is 12.7 Å². The van der Waals surface area contributed by atoms with Crippen LogP contribution in [0.4, 0.5) is 0 Å². The third-order valence-corrected chi connectivity index (χ3v) is 0.694. The maximum atomic E-state index is 10.2. The molecule has 4 heteroatoms. The summed E-state index contributed by atoms with van der Waals surface area (Å²) in [5, 5.41) is 8.25. The highest BCUT2D eigenvalue weighted by Gasteiger charge is 1.94. The van der Waals surface area contributed by atoms with Crippen LogP contribution in [0.3, 0.4) is 0 Å². The topological polar surface area (TPSA) is 55.8 Å². The summed E-state index contributed by atoms with van der Waals surface area (Å²) in [5.74, 6) is -0.627. The zero-order valence-electron chi connectivity index (χ0n) is 5.58. The second-order valence-corrected chi connectivity index (χ2v) is 1.51. The fourth-order valence-corrected chi connectivity index (χ4v) is 0.257. The molecule has 0 aliphatic carbocycles. The largest absolute Gasteiger partial charge is 0.396 e. The van der Waals surface area contributed by atoms with Gasteiger partial charge in [-0.25, -0.2) is 4.79 Å². The average molecular weight is 146 g/mol. The molecule has 0 fully saturated rings. The van der Waals surface area contributed by atoms with Gasteiger partial charge in [0.15, 0.2) is 0 Å².